The van der Waals surface area contributed by atoms with Crippen LogP contribution in [0.2, 0.25) is 0 Å². The summed E-state index contributed by atoms with van der Waals surface area (Å²) in [6, 6.07) is 14.5. The van der Waals surface area contributed by atoms with Gasteiger partial charge >= 0.3 is 0 Å². The highest BCUT2D eigenvalue weighted by Crippen LogP contribution is 2.35. The molecule has 0 aliphatic heterocycles. The van der Waals surface area contributed by atoms with Crippen molar-refractivity contribution in [2.24, 2.45) is 0 Å². The average Bonchev–Trinajstić information content (AvgIpc) is 2.75. The van der Waals surface area contributed by atoms with E-state index in [2.05, 4.69) is 30.3 Å². The van der Waals surface area contributed by atoms with Crippen LogP contribution in [0.4, 0.5) is 5.69 Å². The average molecular weight is 241 g/mol. The third-order valence-corrected chi connectivity index (χ3v) is 4.08. The summed E-state index contributed by atoms with van der Waals surface area (Å²) in [5.74, 6) is 0. The molecule has 0 atom stereocenters. The normalized spacial score (nSPS) is 10.9. The Morgan fingerprint density at radius 3 is 2.65 bits per heavy atom. The largest absolute Gasteiger partial charge is 0.318 e. The van der Waals surface area contributed by atoms with E-state index in [-0.39, 0.29) is 0 Å². The van der Waals surface area contributed by atoms with Gasteiger partial charge in [0.2, 0.25) is 6.41 Å². The Hall–Kier alpha value is -1.87. The van der Waals surface area contributed by atoms with Crippen LogP contribution >= 0.6 is 11.3 Å². The van der Waals surface area contributed by atoms with Gasteiger partial charge in [0.15, 0.2) is 0 Å². The number of fused-ring (bicyclic) bond motifs is 3. The number of hydrogen-bond acceptors (Lipinski definition) is 2. The molecule has 0 aliphatic carbocycles. The van der Waals surface area contributed by atoms with Gasteiger partial charge in [-0.1, -0.05) is 18.2 Å². The summed E-state index contributed by atoms with van der Waals surface area (Å²) in [5.41, 5.74) is 0.927. The summed E-state index contributed by atoms with van der Waals surface area (Å²) in [4.78, 5) is 12.4. The van der Waals surface area contributed by atoms with Crippen LogP contribution in [0.15, 0.2) is 42.5 Å². The smallest absolute Gasteiger partial charge is 0.213 e. The highest BCUT2D eigenvalue weighted by atomic mass is 32.1. The maximum Gasteiger partial charge on any atom is 0.213 e. The van der Waals surface area contributed by atoms with Crippen LogP contribution in [0.1, 0.15) is 0 Å². The highest BCUT2D eigenvalue weighted by molar-refractivity contribution is 7.25. The number of thiophene rings is 1. The summed E-state index contributed by atoms with van der Waals surface area (Å²) in [7, 11) is 1.77. The minimum Gasteiger partial charge on any atom is -0.318 e. The quantitative estimate of drug-likeness (QED) is 0.627. The molecular formula is C14H11NOS. The van der Waals surface area contributed by atoms with Crippen LogP contribution in [0.5, 0.6) is 0 Å². The fourth-order valence-electron chi connectivity index (χ4n) is 1.99. The number of anilines is 1. The molecule has 0 radical (unpaired) electrons. The number of hydrogen-bond donors (Lipinski definition) is 0. The first kappa shape index (κ1) is 10.3. The van der Waals surface area contributed by atoms with E-state index in [1.54, 1.807) is 23.3 Å². The van der Waals surface area contributed by atoms with Gasteiger partial charge in [0.25, 0.3) is 0 Å². The first-order valence-electron chi connectivity index (χ1n) is 5.39. The lowest BCUT2D eigenvalue weighted by atomic mass is 10.1. The first-order valence-corrected chi connectivity index (χ1v) is 6.20. The van der Waals surface area contributed by atoms with Crippen molar-refractivity contribution in [2.75, 3.05) is 11.9 Å². The molecule has 0 unspecified atom stereocenters. The molecule has 3 aromatic rings. The van der Waals surface area contributed by atoms with Gasteiger partial charge < -0.3 is 4.90 Å². The molecule has 2 aromatic carbocycles. The Bertz CT molecular complexity index is 702. The summed E-state index contributed by atoms with van der Waals surface area (Å²) in [5, 5.41) is 2.48. The van der Waals surface area contributed by atoms with E-state index in [0.717, 1.165) is 12.1 Å². The SMILES string of the molecule is CN(C=O)c1ccc2sc3ccccc3c2c1. The van der Waals surface area contributed by atoms with Gasteiger partial charge in [-0.25, -0.2) is 0 Å². The molecule has 0 bridgehead atoms. The Labute approximate surface area is 103 Å². The topological polar surface area (TPSA) is 20.3 Å². The van der Waals surface area contributed by atoms with Crippen molar-refractivity contribution in [3.63, 3.8) is 0 Å². The molecule has 84 valence electrons. The second-order valence-electron chi connectivity index (χ2n) is 3.99. The second kappa shape index (κ2) is 3.86. The number of carbonyl (C=O) groups excluding carboxylic acids is 1. The van der Waals surface area contributed by atoms with Gasteiger partial charge in [0, 0.05) is 32.9 Å². The zero-order valence-electron chi connectivity index (χ0n) is 9.38. The highest BCUT2D eigenvalue weighted by Gasteiger charge is 2.06. The monoisotopic (exact) mass is 241 g/mol. The molecular weight excluding hydrogens is 230 g/mol. The Balaban J connectivity index is 2.33. The van der Waals surface area contributed by atoms with Crippen LogP contribution in [-0.2, 0) is 4.79 Å². The summed E-state index contributed by atoms with van der Waals surface area (Å²) in [6.07, 6.45) is 0.829. The minimum atomic E-state index is 0.829. The van der Waals surface area contributed by atoms with E-state index in [9.17, 15) is 4.79 Å². The predicted molar refractivity (Wildman–Crippen MR) is 73.8 cm³/mol. The van der Waals surface area contributed by atoms with E-state index < -0.39 is 0 Å². The van der Waals surface area contributed by atoms with Gasteiger partial charge in [-0.3, -0.25) is 4.79 Å². The van der Waals surface area contributed by atoms with Crippen molar-refractivity contribution in [1.82, 2.24) is 0 Å². The molecule has 3 heteroatoms. The Morgan fingerprint density at radius 1 is 1.06 bits per heavy atom. The fraction of sp³-hybridized carbons (Fsp3) is 0.0714. The molecule has 0 spiro atoms. The number of rotatable bonds is 2. The van der Waals surface area contributed by atoms with Crippen molar-refractivity contribution in [2.45, 2.75) is 0 Å². The second-order valence-corrected chi connectivity index (χ2v) is 5.08. The zero-order chi connectivity index (χ0) is 11.8. The zero-order valence-corrected chi connectivity index (χ0v) is 10.2. The van der Waals surface area contributed by atoms with E-state index in [1.807, 2.05) is 12.1 Å². The van der Waals surface area contributed by atoms with Crippen LogP contribution < -0.4 is 4.90 Å². The third kappa shape index (κ3) is 1.59. The molecule has 1 heterocycles. The Morgan fingerprint density at radius 2 is 1.82 bits per heavy atom. The number of carbonyl (C=O) groups is 1. The summed E-state index contributed by atoms with van der Waals surface area (Å²) in [6.45, 7) is 0. The third-order valence-electron chi connectivity index (χ3n) is 2.93. The molecule has 1 aromatic heterocycles. The van der Waals surface area contributed by atoms with Crippen LogP contribution in [-0.4, -0.2) is 13.5 Å². The van der Waals surface area contributed by atoms with E-state index >= 15 is 0 Å². The molecule has 17 heavy (non-hydrogen) atoms. The van der Waals surface area contributed by atoms with E-state index in [0.29, 0.717) is 0 Å². The summed E-state index contributed by atoms with van der Waals surface area (Å²) < 4.78 is 2.54. The van der Waals surface area contributed by atoms with E-state index in [4.69, 9.17) is 0 Å². The van der Waals surface area contributed by atoms with Crippen molar-refractivity contribution < 1.29 is 4.79 Å². The van der Waals surface area contributed by atoms with Gasteiger partial charge in [-0.2, -0.15) is 0 Å². The lowest BCUT2D eigenvalue weighted by Crippen LogP contribution is -2.13. The lowest BCUT2D eigenvalue weighted by Gasteiger charge is -2.10. The fourth-order valence-corrected chi connectivity index (χ4v) is 3.08. The maximum atomic E-state index is 10.8. The van der Waals surface area contributed by atoms with Crippen LogP contribution in [0, 0.1) is 0 Å². The molecule has 0 saturated heterocycles. The molecule has 0 N–H and O–H groups in total. The molecule has 0 fully saturated rings. The predicted octanol–water partition coefficient (Wildman–Crippen LogP) is 3.65. The lowest BCUT2D eigenvalue weighted by molar-refractivity contribution is -0.107. The van der Waals surface area contributed by atoms with Crippen molar-refractivity contribution in [3.05, 3.63) is 42.5 Å². The molecule has 2 nitrogen and oxygen atoms in total. The van der Waals surface area contributed by atoms with Crippen LogP contribution in [0.25, 0.3) is 20.2 Å². The minimum absolute atomic E-state index is 0.829. The molecule has 0 saturated carbocycles. The van der Waals surface area contributed by atoms with Gasteiger partial charge in [0.1, 0.15) is 0 Å². The van der Waals surface area contributed by atoms with Crippen molar-refractivity contribution >= 4 is 43.6 Å². The van der Waals surface area contributed by atoms with Crippen molar-refractivity contribution in [1.29, 1.82) is 0 Å². The maximum absolute atomic E-state index is 10.8. The van der Waals surface area contributed by atoms with Crippen LogP contribution in [0.3, 0.4) is 0 Å². The van der Waals surface area contributed by atoms with Gasteiger partial charge in [-0.15, -0.1) is 11.3 Å². The first-order chi connectivity index (χ1) is 8.29. The standard InChI is InChI=1S/C14H11NOS/c1-15(9-16)10-6-7-14-12(8-10)11-4-2-3-5-13(11)17-14/h2-9H,1H3. The molecule has 3 rings (SSSR count). The van der Waals surface area contributed by atoms with E-state index in [1.165, 1.54) is 20.2 Å². The van der Waals surface area contributed by atoms with Gasteiger partial charge in [0.05, 0.1) is 0 Å². The number of amides is 1. The molecule has 1 amide bonds. The Kier molecular flexibility index (Phi) is 2.34. The number of nitrogens with zero attached hydrogens (tertiary/aromatic N) is 1. The van der Waals surface area contributed by atoms with Gasteiger partial charge in [-0.05, 0) is 24.3 Å². The van der Waals surface area contributed by atoms with Crippen molar-refractivity contribution in [3.8, 4) is 0 Å². The summed E-state index contributed by atoms with van der Waals surface area (Å²) >= 11 is 1.78. The molecule has 0 aliphatic rings. The number of benzene rings is 2.